The number of hydrogen-bond donors (Lipinski definition) is 1. The number of ether oxygens (including phenoxy) is 1. The summed E-state index contributed by atoms with van der Waals surface area (Å²) in [6.45, 7) is 6.01. The van der Waals surface area contributed by atoms with Crippen molar-refractivity contribution in [2.45, 2.75) is 26.8 Å². The molecule has 5 nitrogen and oxygen atoms in total. The molecule has 1 aromatic rings. The molecule has 0 fully saturated rings. The van der Waals surface area contributed by atoms with E-state index in [9.17, 15) is 9.59 Å². The number of nitrogens with zero attached hydrogens (tertiary/aromatic N) is 1. The van der Waals surface area contributed by atoms with Crippen LogP contribution in [0.25, 0.3) is 0 Å². The number of benzene rings is 1. The average Bonchev–Trinajstić information content (AvgIpc) is 2.45. The van der Waals surface area contributed by atoms with Gasteiger partial charge in [0.25, 0.3) is 0 Å². The molecule has 1 unspecified atom stereocenters. The van der Waals surface area contributed by atoms with Gasteiger partial charge < -0.3 is 15.0 Å². The molecule has 0 bridgehead atoms. The van der Waals surface area contributed by atoms with E-state index in [0.717, 1.165) is 0 Å². The molecule has 6 heteroatoms. The van der Waals surface area contributed by atoms with Gasteiger partial charge in [0.1, 0.15) is 18.4 Å². The van der Waals surface area contributed by atoms with E-state index in [0.29, 0.717) is 23.9 Å². The summed E-state index contributed by atoms with van der Waals surface area (Å²) in [4.78, 5) is 25.1. The van der Waals surface area contributed by atoms with Crippen molar-refractivity contribution in [1.29, 1.82) is 0 Å². The van der Waals surface area contributed by atoms with Crippen LogP contribution in [0.2, 0.25) is 5.02 Å². The number of carbonyl (C=O) groups is 2. The van der Waals surface area contributed by atoms with Crippen molar-refractivity contribution in [2.24, 2.45) is 5.92 Å². The van der Waals surface area contributed by atoms with Crippen LogP contribution in [0, 0.1) is 5.92 Å². The predicted molar refractivity (Wildman–Crippen MR) is 87.0 cm³/mol. The average molecular weight is 327 g/mol. The van der Waals surface area contributed by atoms with Gasteiger partial charge in [-0.2, -0.15) is 0 Å². The highest BCUT2D eigenvalue weighted by atomic mass is 35.5. The third-order valence-corrected chi connectivity index (χ3v) is 3.43. The number of halogens is 1. The number of rotatable bonds is 7. The second kappa shape index (κ2) is 8.63. The second-order valence-electron chi connectivity index (χ2n) is 5.48. The van der Waals surface area contributed by atoms with E-state index in [1.165, 1.54) is 6.92 Å². The maximum Gasteiger partial charge on any atom is 0.245 e. The molecule has 122 valence electrons. The van der Waals surface area contributed by atoms with Crippen LogP contribution < -0.4 is 10.1 Å². The molecule has 1 N–H and O–H groups in total. The maximum absolute atomic E-state index is 12.3. The maximum atomic E-state index is 12.3. The zero-order chi connectivity index (χ0) is 16.7. The third kappa shape index (κ3) is 5.93. The van der Waals surface area contributed by atoms with Crippen molar-refractivity contribution in [3.63, 3.8) is 0 Å². The van der Waals surface area contributed by atoms with E-state index in [-0.39, 0.29) is 17.7 Å². The molecule has 0 heterocycles. The molecule has 0 aliphatic carbocycles. The van der Waals surface area contributed by atoms with Crippen molar-refractivity contribution < 1.29 is 14.3 Å². The molecule has 2 amide bonds. The Hall–Kier alpha value is -1.75. The highest BCUT2D eigenvalue weighted by molar-refractivity contribution is 6.30. The fourth-order valence-corrected chi connectivity index (χ4v) is 2.04. The summed E-state index contributed by atoms with van der Waals surface area (Å²) in [6, 6.07) is 6.53. The molecule has 0 radical (unpaired) electrons. The molecule has 1 aromatic carbocycles. The molecule has 1 atom stereocenters. The standard InChI is InChI=1S/C16H23ClN2O3/c1-11(2)15(18-12(3)20)16(21)19(4)9-10-22-14-7-5-13(17)6-8-14/h5-8,11,15H,9-10H2,1-4H3,(H,18,20). The van der Waals surface area contributed by atoms with Crippen molar-refractivity contribution in [3.8, 4) is 5.75 Å². The van der Waals surface area contributed by atoms with Gasteiger partial charge in [0.05, 0.1) is 6.54 Å². The highest BCUT2D eigenvalue weighted by Gasteiger charge is 2.25. The Morgan fingerprint density at radius 2 is 1.86 bits per heavy atom. The van der Waals surface area contributed by atoms with Gasteiger partial charge in [-0.3, -0.25) is 9.59 Å². The lowest BCUT2D eigenvalue weighted by Gasteiger charge is -2.26. The van der Waals surface area contributed by atoms with E-state index in [1.54, 1.807) is 36.2 Å². The summed E-state index contributed by atoms with van der Waals surface area (Å²) < 4.78 is 5.56. The number of amides is 2. The van der Waals surface area contributed by atoms with Crippen LogP contribution in [0.3, 0.4) is 0 Å². The lowest BCUT2D eigenvalue weighted by atomic mass is 10.0. The normalized spacial score (nSPS) is 11.9. The van der Waals surface area contributed by atoms with E-state index in [1.807, 2.05) is 13.8 Å². The Morgan fingerprint density at radius 3 is 2.36 bits per heavy atom. The van der Waals surface area contributed by atoms with Crippen molar-refractivity contribution in [2.75, 3.05) is 20.2 Å². The van der Waals surface area contributed by atoms with E-state index < -0.39 is 6.04 Å². The first-order valence-electron chi connectivity index (χ1n) is 7.21. The zero-order valence-corrected chi connectivity index (χ0v) is 14.2. The Kier molecular flexibility index (Phi) is 7.18. The van der Waals surface area contributed by atoms with E-state index in [2.05, 4.69) is 5.32 Å². The molecule has 0 saturated carbocycles. The summed E-state index contributed by atoms with van der Waals surface area (Å²) in [7, 11) is 1.70. The fraction of sp³-hybridized carbons (Fsp3) is 0.500. The molecular formula is C16H23ClN2O3. The lowest BCUT2D eigenvalue weighted by molar-refractivity contribution is -0.136. The van der Waals surface area contributed by atoms with Gasteiger partial charge in [-0.15, -0.1) is 0 Å². The van der Waals surface area contributed by atoms with Crippen LogP contribution in [0.1, 0.15) is 20.8 Å². The highest BCUT2D eigenvalue weighted by Crippen LogP contribution is 2.15. The first-order chi connectivity index (χ1) is 10.3. The molecule has 22 heavy (non-hydrogen) atoms. The smallest absolute Gasteiger partial charge is 0.245 e. The van der Waals surface area contributed by atoms with Crippen LogP contribution in [0.15, 0.2) is 24.3 Å². The van der Waals surface area contributed by atoms with Crippen LogP contribution in [-0.4, -0.2) is 43.0 Å². The van der Waals surface area contributed by atoms with Gasteiger partial charge in [-0.25, -0.2) is 0 Å². The monoisotopic (exact) mass is 326 g/mol. The van der Waals surface area contributed by atoms with Crippen molar-refractivity contribution in [1.82, 2.24) is 10.2 Å². The number of hydrogen-bond acceptors (Lipinski definition) is 3. The molecule has 0 saturated heterocycles. The summed E-state index contributed by atoms with van der Waals surface area (Å²) in [6.07, 6.45) is 0. The molecular weight excluding hydrogens is 304 g/mol. The largest absolute Gasteiger partial charge is 0.492 e. The quantitative estimate of drug-likeness (QED) is 0.836. The van der Waals surface area contributed by atoms with Crippen LogP contribution in [0.5, 0.6) is 5.75 Å². The summed E-state index contributed by atoms with van der Waals surface area (Å²) in [5.74, 6) is 0.395. The SMILES string of the molecule is CC(=O)NC(C(=O)N(C)CCOc1ccc(Cl)cc1)C(C)C. The Labute approximate surface area is 136 Å². The van der Waals surface area contributed by atoms with Crippen molar-refractivity contribution in [3.05, 3.63) is 29.3 Å². The van der Waals surface area contributed by atoms with Gasteiger partial charge in [-0.05, 0) is 30.2 Å². The Bertz CT molecular complexity index is 503. The van der Waals surface area contributed by atoms with Crippen LogP contribution in [-0.2, 0) is 9.59 Å². The van der Waals surface area contributed by atoms with Gasteiger partial charge >= 0.3 is 0 Å². The minimum Gasteiger partial charge on any atom is -0.492 e. The lowest BCUT2D eigenvalue weighted by Crippen LogP contribution is -2.50. The van der Waals surface area contributed by atoms with Gasteiger partial charge in [0, 0.05) is 19.0 Å². The predicted octanol–water partition coefficient (Wildman–Crippen LogP) is 2.34. The Balaban J connectivity index is 2.48. The fourth-order valence-electron chi connectivity index (χ4n) is 1.91. The minimum absolute atomic E-state index is 0.0241. The third-order valence-electron chi connectivity index (χ3n) is 3.18. The molecule has 0 aliphatic rings. The van der Waals surface area contributed by atoms with Crippen molar-refractivity contribution >= 4 is 23.4 Å². The van der Waals surface area contributed by atoms with E-state index in [4.69, 9.17) is 16.3 Å². The summed E-state index contributed by atoms with van der Waals surface area (Å²) >= 11 is 5.80. The first kappa shape index (κ1) is 18.3. The van der Waals surface area contributed by atoms with Gasteiger partial charge in [0.2, 0.25) is 11.8 Å². The number of likely N-dealkylation sites (N-methyl/N-ethyl adjacent to an activating group) is 1. The number of nitrogens with one attached hydrogen (secondary N) is 1. The second-order valence-corrected chi connectivity index (χ2v) is 5.92. The topological polar surface area (TPSA) is 58.6 Å². The minimum atomic E-state index is -0.516. The summed E-state index contributed by atoms with van der Waals surface area (Å²) in [5, 5.41) is 3.34. The first-order valence-corrected chi connectivity index (χ1v) is 7.59. The molecule has 0 spiro atoms. The van der Waals surface area contributed by atoms with Crippen LogP contribution >= 0.6 is 11.6 Å². The van der Waals surface area contributed by atoms with E-state index >= 15 is 0 Å². The molecule has 1 rings (SSSR count). The molecule has 0 aromatic heterocycles. The summed E-state index contributed by atoms with van der Waals surface area (Å²) in [5.41, 5.74) is 0. The van der Waals surface area contributed by atoms with Crippen LogP contribution in [0.4, 0.5) is 0 Å². The number of carbonyl (C=O) groups excluding carboxylic acids is 2. The Morgan fingerprint density at radius 1 is 1.27 bits per heavy atom. The zero-order valence-electron chi connectivity index (χ0n) is 13.4. The molecule has 0 aliphatic heterocycles. The van der Waals surface area contributed by atoms with Gasteiger partial charge in [-0.1, -0.05) is 25.4 Å². The van der Waals surface area contributed by atoms with Gasteiger partial charge in [0.15, 0.2) is 0 Å².